The number of carbonyl (C=O) groups excluding carboxylic acids is 1. The van der Waals surface area contributed by atoms with Gasteiger partial charge in [0.1, 0.15) is 19.0 Å². The van der Waals surface area contributed by atoms with Crippen LogP contribution in [0.1, 0.15) is 0 Å². The molecule has 6 nitrogen and oxygen atoms in total. The van der Waals surface area contributed by atoms with E-state index in [9.17, 15) is 4.79 Å². The van der Waals surface area contributed by atoms with Crippen LogP contribution in [0.15, 0.2) is 24.4 Å². The Labute approximate surface area is 99.5 Å². The van der Waals surface area contributed by atoms with Gasteiger partial charge in [0, 0.05) is 12.7 Å². The van der Waals surface area contributed by atoms with Gasteiger partial charge in [0.2, 0.25) is 0 Å². The molecular formula is C11H16N2O4. The third kappa shape index (κ3) is 4.80. The van der Waals surface area contributed by atoms with Crippen LogP contribution < -0.4 is 4.90 Å². The third-order valence-corrected chi connectivity index (χ3v) is 2.02. The van der Waals surface area contributed by atoms with Crippen molar-refractivity contribution in [3.8, 4) is 0 Å². The largest absolute Gasteiger partial charge is 0.462 e. The second-order valence-electron chi connectivity index (χ2n) is 3.28. The molecule has 0 radical (unpaired) electrons. The Morgan fingerprint density at radius 2 is 2.18 bits per heavy atom. The Morgan fingerprint density at radius 1 is 1.35 bits per heavy atom. The van der Waals surface area contributed by atoms with Gasteiger partial charge in [-0.3, -0.25) is 4.79 Å². The molecule has 1 heterocycles. The lowest BCUT2D eigenvalue weighted by Crippen LogP contribution is -2.34. The van der Waals surface area contributed by atoms with E-state index in [1.165, 1.54) is 0 Å². The maximum Gasteiger partial charge on any atom is 0.325 e. The van der Waals surface area contributed by atoms with E-state index in [-0.39, 0.29) is 26.4 Å². The van der Waals surface area contributed by atoms with Crippen LogP contribution in [0.4, 0.5) is 5.82 Å². The Morgan fingerprint density at radius 3 is 2.76 bits per heavy atom. The number of hydrogen-bond acceptors (Lipinski definition) is 6. The molecule has 0 saturated heterocycles. The van der Waals surface area contributed by atoms with Crippen molar-refractivity contribution >= 4 is 11.8 Å². The fraction of sp³-hybridized carbons (Fsp3) is 0.455. The highest BCUT2D eigenvalue weighted by molar-refractivity contribution is 5.75. The van der Waals surface area contributed by atoms with Crippen LogP contribution in [0, 0.1) is 0 Å². The molecule has 1 aromatic heterocycles. The molecule has 0 aliphatic heterocycles. The van der Waals surface area contributed by atoms with Gasteiger partial charge in [0.05, 0.1) is 13.2 Å². The van der Waals surface area contributed by atoms with Crippen molar-refractivity contribution in [1.29, 1.82) is 0 Å². The third-order valence-electron chi connectivity index (χ3n) is 2.02. The molecule has 0 aromatic carbocycles. The van der Waals surface area contributed by atoms with E-state index in [4.69, 9.17) is 14.9 Å². The molecule has 2 N–H and O–H groups in total. The van der Waals surface area contributed by atoms with Gasteiger partial charge in [-0.05, 0) is 12.1 Å². The normalized spacial score (nSPS) is 10.0. The minimum absolute atomic E-state index is 0.00241. The molecule has 0 fully saturated rings. The topological polar surface area (TPSA) is 82.9 Å². The second-order valence-corrected chi connectivity index (χ2v) is 3.28. The second kappa shape index (κ2) is 7.59. The molecule has 1 rings (SSSR count). The maximum absolute atomic E-state index is 11.4. The van der Waals surface area contributed by atoms with Crippen molar-refractivity contribution in [3.63, 3.8) is 0 Å². The highest BCUT2D eigenvalue weighted by Gasteiger charge is 2.12. The van der Waals surface area contributed by atoms with Crippen molar-refractivity contribution < 1.29 is 19.7 Å². The Hall–Kier alpha value is -1.66. The number of ether oxygens (including phenoxy) is 1. The number of carbonyl (C=O) groups is 1. The zero-order chi connectivity index (χ0) is 12.5. The number of pyridine rings is 1. The molecule has 0 bridgehead atoms. The summed E-state index contributed by atoms with van der Waals surface area (Å²) in [5.74, 6) is 0.139. The van der Waals surface area contributed by atoms with Gasteiger partial charge in [0.25, 0.3) is 0 Å². The summed E-state index contributed by atoms with van der Waals surface area (Å²) < 4.78 is 4.75. The van der Waals surface area contributed by atoms with Crippen LogP contribution in [0.2, 0.25) is 0 Å². The zero-order valence-corrected chi connectivity index (χ0v) is 9.45. The molecule has 17 heavy (non-hydrogen) atoms. The zero-order valence-electron chi connectivity index (χ0n) is 9.45. The number of hydrogen-bond donors (Lipinski definition) is 2. The lowest BCUT2D eigenvalue weighted by molar-refractivity contribution is -0.142. The first-order valence-corrected chi connectivity index (χ1v) is 5.31. The van der Waals surface area contributed by atoms with E-state index in [1.54, 1.807) is 29.3 Å². The predicted octanol–water partition coefficient (Wildman–Crippen LogP) is -0.584. The van der Waals surface area contributed by atoms with Crippen LogP contribution >= 0.6 is 0 Å². The highest BCUT2D eigenvalue weighted by atomic mass is 16.5. The SMILES string of the molecule is O=C(CN(CCO)c1ccccn1)OCCO. The number of esters is 1. The van der Waals surface area contributed by atoms with E-state index < -0.39 is 5.97 Å². The molecule has 0 spiro atoms. The first-order chi connectivity index (χ1) is 8.27. The summed E-state index contributed by atoms with van der Waals surface area (Å²) in [6.45, 7) is -0.00396. The number of nitrogens with zero attached hydrogens (tertiary/aromatic N) is 2. The summed E-state index contributed by atoms with van der Waals surface area (Å²) in [6, 6.07) is 5.31. The van der Waals surface area contributed by atoms with Crippen LogP contribution in [0.25, 0.3) is 0 Å². The molecule has 0 amide bonds. The summed E-state index contributed by atoms with van der Waals surface area (Å²) in [7, 11) is 0. The summed E-state index contributed by atoms with van der Waals surface area (Å²) in [5, 5.41) is 17.5. The van der Waals surface area contributed by atoms with Crippen LogP contribution in [0.3, 0.4) is 0 Å². The molecule has 0 aliphatic carbocycles. The number of anilines is 1. The summed E-state index contributed by atoms with van der Waals surface area (Å²) in [4.78, 5) is 17.1. The van der Waals surface area contributed by atoms with Crippen LogP contribution in [-0.2, 0) is 9.53 Å². The van der Waals surface area contributed by atoms with E-state index >= 15 is 0 Å². The predicted molar refractivity (Wildman–Crippen MR) is 61.6 cm³/mol. The summed E-state index contributed by atoms with van der Waals surface area (Å²) >= 11 is 0. The van der Waals surface area contributed by atoms with Crippen molar-refractivity contribution in [2.75, 3.05) is 37.8 Å². The summed E-state index contributed by atoms with van der Waals surface area (Å²) in [5.41, 5.74) is 0. The van der Waals surface area contributed by atoms with E-state index in [0.29, 0.717) is 12.4 Å². The van der Waals surface area contributed by atoms with Crippen LogP contribution in [-0.4, -0.2) is 54.1 Å². The number of aromatic nitrogens is 1. The monoisotopic (exact) mass is 240 g/mol. The van der Waals surface area contributed by atoms with Gasteiger partial charge in [-0.2, -0.15) is 0 Å². The highest BCUT2D eigenvalue weighted by Crippen LogP contribution is 2.08. The van der Waals surface area contributed by atoms with Gasteiger partial charge in [0.15, 0.2) is 0 Å². The minimum atomic E-state index is -0.460. The lowest BCUT2D eigenvalue weighted by atomic mass is 10.4. The van der Waals surface area contributed by atoms with E-state index in [2.05, 4.69) is 4.98 Å². The van der Waals surface area contributed by atoms with Gasteiger partial charge in [-0.15, -0.1) is 0 Å². The van der Waals surface area contributed by atoms with Gasteiger partial charge in [-0.25, -0.2) is 4.98 Å². The fourth-order valence-corrected chi connectivity index (χ4v) is 1.30. The van der Waals surface area contributed by atoms with E-state index in [1.807, 2.05) is 0 Å². The molecule has 0 saturated carbocycles. The fourth-order valence-electron chi connectivity index (χ4n) is 1.30. The number of aliphatic hydroxyl groups is 2. The minimum Gasteiger partial charge on any atom is -0.462 e. The van der Waals surface area contributed by atoms with Crippen molar-refractivity contribution in [2.45, 2.75) is 0 Å². The molecule has 1 aromatic rings. The number of rotatable bonds is 7. The van der Waals surface area contributed by atoms with Crippen molar-refractivity contribution in [3.05, 3.63) is 24.4 Å². The molecular weight excluding hydrogens is 224 g/mol. The van der Waals surface area contributed by atoms with Gasteiger partial charge < -0.3 is 19.8 Å². The van der Waals surface area contributed by atoms with Crippen molar-refractivity contribution in [1.82, 2.24) is 4.98 Å². The first-order valence-electron chi connectivity index (χ1n) is 5.31. The maximum atomic E-state index is 11.4. The Balaban J connectivity index is 2.57. The van der Waals surface area contributed by atoms with E-state index in [0.717, 1.165) is 0 Å². The molecule has 0 atom stereocenters. The average molecular weight is 240 g/mol. The standard InChI is InChI=1S/C11H16N2O4/c14-6-5-13(9-11(16)17-8-7-15)10-3-1-2-4-12-10/h1-4,14-15H,5-9H2. The Kier molecular flexibility index (Phi) is 5.98. The number of aliphatic hydroxyl groups excluding tert-OH is 2. The molecule has 94 valence electrons. The summed E-state index contributed by atoms with van der Waals surface area (Å²) in [6.07, 6.45) is 1.61. The lowest BCUT2D eigenvalue weighted by Gasteiger charge is -2.21. The average Bonchev–Trinajstić information content (AvgIpc) is 2.37. The first kappa shape index (κ1) is 13.4. The quantitative estimate of drug-likeness (QED) is 0.620. The molecule has 0 aliphatic rings. The smallest absolute Gasteiger partial charge is 0.325 e. The molecule has 0 unspecified atom stereocenters. The van der Waals surface area contributed by atoms with Crippen molar-refractivity contribution in [2.24, 2.45) is 0 Å². The van der Waals surface area contributed by atoms with Gasteiger partial charge >= 0.3 is 5.97 Å². The van der Waals surface area contributed by atoms with Gasteiger partial charge in [-0.1, -0.05) is 6.07 Å². The molecule has 6 heteroatoms. The Bertz CT molecular complexity index is 332. The van der Waals surface area contributed by atoms with Crippen LogP contribution in [0.5, 0.6) is 0 Å².